The molecule has 0 spiro atoms. The monoisotopic (exact) mass is 176 g/mol. The molecule has 0 heterocycles. The van der Waals surface area contributed by atoms with Crippen LogP contribution in [0.25, 0.3) is 0 Å². The van der Waals surface area contributed by atoms with Gasteiger partial charge in [0.1, 0.15) is 0 Å². The van der Waals surface area contributed by atoms with Crippen molar-refractivity contribution in [2.75, 3.05) is 0 Å². The Balaban J connectivity index is 3.52. The molecule has 72 valence electrons. The Hall–Kier alpha value is -1.00. The Labute approximate surface area is 82.4 Å². The molecule has 0 unspecified atom stereocenters. The number of unbranched alkanes of at least 4 members (excludes halogenated alkanes) is 1. The highest BCUT2D eigenvalue weighted by atomic mass is 14.0. The first-order valence-electron chi connectivity index (χ1n) is 4.87. The lowest BCUT2D eigenvalue weighted by molar-refractivity contribution is 0.733. The fraction of sp³-hybridized carbons (Fsp3) is 0.462. The standard InChI is InChI=1S/C13H20/c1-5-9-13(4)11-8-7-10-12(3)6-2/h5-6H,2-3,7-8,10-11H2,1,4H3. The lowest BCUT2D eigenvalue weighted by Crippen LogP contribution is -1.80. The summed E-state index contributed by atoms with van der Waals surface area (Å²) in [5.74, 6) is 0. The molecule has 0 radical (unpaired) electrons. The molecule has 0 aliphatic carbocycles. The third-order valence-electron chi connectivity index (χ3n) is 1.98. The predicted molar refractivity (Wildman–Crippen MR) is 60.7 cm³/mol. The van der Waals surface area contributed by atoms with Gasteiger partial charge in [0.25, 0.3) is 0 Å². The van der Waals surface area contributed by atoms with Crippen molar-refractivity contribution in [2.45, 2.75) is 39.5 Å². The molecule has 0 aromatic heterocycles. The van der Waals surface area contributed by atoms with Crippen molar-refractivity contribution in [3.63, 3.8) is 0 Å². The van der Waals surface area contributed by atoms with Crippen LogP contribution in [-0.2, 0) is 0 Å². The van der Waals surface area contributed by atoms with E-state index < -0.39 is 0 Å². The van der Waals surface area contributed by atoms with Gasteiger partial charge in [0.2, 0.25) is 0 Å². The van der Waals surface area contributed by atoms with E-state index in [1.165, 1.54) is 18.4 Å². The first kappa shape index (κ1) is 12.0. The van der Waals surface area contributed by atoms with Gasteiger partial charge in [-0.25, -0.2) is 0 Å². The molecule has 0 amide bonds. The van der Waals surface area contributed by atoms with Crippen molar-refractivity contribution in [3.8, 4) is 0 Å². The molecule has 0 saturated carbocycles. The summed E-state index contributed by atoms with van der Waals surface area (Å²) in [6, 6.07) is 0. The van der Waals surface area contributed by atoms with Crippen LogP contribution in [0.2, 0.25) is 0 Å². The summed E-state index contributed by atoms with van der Waals surface area (Å²) in [6.45, 7) is 11.7. The molecule has 0 fully saturated rings. The normalized spacial score (nSPS) is 8.77. The summed E-state index contributed by atoms with van der Waals surface area (Å²) >= 11 is 0. The highest BCUT2D eigenvalue weighted by Crippen LogP contribution is 2.10. The fourth-order valence-corrected chi connectivity index (χ4v) is 1.16. The van der Waals surface area contributed by atoms with E-state index in [2.05, 4.69) is 25.8 Å². The number of allylic oxidation sites excluding steroid dienone is 3. The van der Waals surface area contributed by atoms with E-state index in [0.29, 0.717) is 0 Å². The maximum absolute atomic E-state index is 3.88. The summed E-state index contributed by atoms with van der Waals surface area (Å²) in [5, 5.41) is 0. The average molecular weight is 176 g/mol. The second-order valence-electron chi connectivity index (χ2n) is 3.28. The molecule has 13 heavy (non-hydrogen) atoms. The van der Waals surface area contributed by atoms with Gasteiger partial charge in [-0.15, -0.1) is 5.73 Å². The first-order valence-corrected chi connectivity index (χ1v) is 4.87. The van der Waals surface area contributed by atoms with E-state index in [1.807, 2.05) is 19.1 Å². The molecule has 0 aromatic rings. The van der Waals surface area contributed by atoms with Gasteiger partial charge < -0.3 is 0 Å². The molecule has 0 aliphatic heterocycles. The summed E-state index contributed by atoms with van der Waals surface area (Å²) in [4.78, 5) is 0. The molecule has 0 atom stereocenters. The maximum Gasteiger partial charge on any atom is -0.0247 e. The van der Waals surface area contributed by atoms with Crippen molar-refractivity contribution < 1.29 is 0 Å². The van der Waals surface area contributed by atoms with E-state index >= 15 is 0 Å². The second kappa shape index (κ2) is 7.64. The minimum Gasteiger partial charge on any atom is -0.127 e. The zero-order chi connectivity index (χ0) is 10.1. The number of rotatable bonds is 6. The van der Waals surface area contributed by atoms with Crippen molar-refractivity contribution in [1.29, 1.82) is 0 Å². The molecule has 0 N–H and O–H groups in total. The molecule has 0 aromatic carbocycles. The van der Waals surface area contributed by atoms with Gasteiger partial charge in [0, 0.05) is 0 Å². The minimum atomic E-state index is 1.08. The Morgan fingerprint density at radius 3 is 2.46 bits per heavy atom. The SMILES string of the molecule is C=CC(=C)CCCCC(C)=C=CC. The van der Waals surface area contributed by atoms with Gasteiger partial charge in [0.05, 0.1) is 0 Å². The van der Waals surface area contributed by atoms with Gasteiger partial charge in [0.15, 0.2) is 0 Å². The molecule has 0 saturated heterocycles. The topological polar surface area (TPSA) is 0 Å². The molecule has 0 bridgehead atoms. The van der Waals surface area contributed by atoms with E-state index in [9.17, 15) is 0 Å². The lowest BCUT2D eigenvalue weighted by Gasteiger charge is -1.99. The Kier molecular flexibility index (Phi) is 7.05. The van der Waals surface area contributed by atoms with Crippen molar-refractivity contribution in [1.82, 2.24) is 0 Å². The van der Waals surface area contributed by atoms with Gasteiger partial charge in [-0.05, 0) is 51.2 Å². The van der Waals surface area contributed by atoms with Crippen molar-refractivity contribution in [3.05, 3.63) is 42.2 Å². The molecular formula is C13H20. The van der Waals surface area contributed by atoms with Crippen LogP contribution in [0, 0.1) is 0 Å². The fourth-order valence-electron chi connectivity index (χ4n) is 1.16. The molecule has 0 heteroatoms. The summed E-state index contributed by atoms with van der Waals surface area (Å²) in [7, 11) is 0. The number of hydrogen-bond donors (Lipinski definition) is 0. The lowest BCUT2D eigenvalue weighted by atomic mass is 10.1. The van der Waals surface area contributed by atoms with Crippen LogP contribution in [0.15, 0.2) is 42.2 Å². The van der Waals surface area contributed by atoms with Gasteiger partial charge in [-0.3, -0.25) is 0 Å². The minimum absolute atomic E-state index is 1.08. The van der Waals surface area contributed by atoms with E-state index in [4.69, 9.17) is 0 Å². The van der Waals surface area contributed by atoms with Crippen LogP contribution in [0.5, 0.6) is 0 Å². The maximum atomic E-state index is 3.88. The summed E-state index contributed by atoms with van der Waals surface area (Å²) in [5.41, 5.74) is 5.68. The van der Waals surface area contributed by atoms with E-state index in [-0.39, 0.29) is 0 Å². The highest BCUT2D eigenvalue weighted by Gasteiger charge is 1.91. The van der Waals surface area contributed by atoms with Crippen molar-refractivity contribution >= 4 is 0 Å². The Morgan fingerprint density at radius 1 is 1.31 bits per heavy atom. The Bertz CT molecular complexity index is 224. The van der Waals surface area contributed by atoms with Gasteiger partial charge >= 0.3 is 0 Å². The largest absolute Gasteiger partial charge is 0.127 e. The number of hydrogen-bond acceptors (Lipinski definition) is 0. The zero-order valence-electron chi connectivity index (χ0n) is 8.90. The van der Waals surface area contributed by atoms with Gasteiger partial charge in [-0.2, -0.15) is 0 Å². The molecule has 0 rings (SSSR count). The Morgan fingerprint density at radius 2 is 1.92 bits per heavy atom. The summed E-state index contributed by atoms with van der Waals surface area (Å²) in [6.07, 6.45) is 8.46. The predicted octanol–water partition coefficient (Wildman–Crippen LogP) is 4.41. The highest BCUT2D eigenvalue weighted by molar-refractivity contribution is 5.10. The zero-order valence-corrected chi connectivity index (χ0v) is 8.90. The van der Waals surface area contributed by atoms with Crippen molar-refractivity contribution in [2.24, 2.45) is 0 Å². The van der Waals surface area contributed by atoms with E-state index in [1.54, 1.807) is 0 Å². The first-order chi connectivity index (χ1) is 6.20. The van der Waals surface area contributed by atoms with Crippen LogP contribution >= 0.6 is 0 Å². The van der Waals surface area contributed by atoms with Crippen LogP contribution in [0.3, 0.4) is 0 Å². The van der Waals surface area contributed by atoms with Crippen LogP contribution in [0.4, 0.5) is 0 Å². The third kappa shape index (κ3) is 7.36. The quantitative estimate of drug-likeness (QED) is 0.319. The molecule has 0 nitrogen and oxygen atoms in total. The average Bonchev–Trinajstić information content (AvgIpc) is 2.12. The van der Waals surface area contributed by atoms with E-state index in [0.717, 1.165) is 18.4 Å². The summed E-state index contributed by atoms with van der Waals surface area (Å²) < 4.78 is 0. The van der Waals surface area contributed by atoms with Crippen LogP contribution in [-0.4, -0.2) is 0 Å². The van der Waals surface area contributed by atoms with Crippen LogP contribution in [0.1, 0.15) is 39.5 Å². The smallest absolute Gasteiger partial charge is 0.0247 e. The second-order valence-corrected chi connectivity index (χ2v) is 3.28. The molecular weight excluding hydrogens is 156 g/mol. The van der Waals surface area contributed by atoms with Gasteiger partial charge in [-0.1, -0.05) is 24.8 Å². The molecule has 0 aliphatic rings. The third-order valence-corrected chi connectivity index (χ3v) is 1.98. The van der Waals surface area contributed by atoms with Crippen LogP contribution < -0.4 is 0 Å².